The van der Waals surface area contributed by atoms with Crippen LogP contribution in [0.2, 0.25) is 0 Å². The molecule has 1 aromatic carbocycles. The van der Waals surface area contributed by atoms with E-state index in [1.54, 1.807) is 0 Å². The van der Waals surface area contributed by atoms with Crippen molar-refractivity contribution in [3.63, 3.8) is 0 Å². The summed E-state index contributed by atoms with van der Waals surface area (Å²) in [4.78, 5) is 16.8. The fraction of sp³-hybridized carbons (Fsp3) is 0.650. The second-order valence-electron chi connectivity index (χ2n) is 8.37. The molecule has 2 fully saturated rings. The number of sulfonamides is 1. The van der Waals surface area contributed by atoms with Gasteiger partial charge in [0.1, 0.15) is 5.82 Å². The van der Waals surface area contributed by atoms with E-state index in [-0.39, 0.29) is 16.8 Å². The van der Waals surface area contributed by atoms with Crippen molar-refractivity contribution >= 4 is 15.9 Å². The van der Waals surface area contributed by atoms with Crippen LogP contribution in [0.1, 0.15) is 33.1 Å². The fourth-order valence-corrected chi connectivity index (χ4v) is 5.57. The molecule has 2 aliphatic heterocycles. The van der Waals surface area contributed by atoms with Gasteiger partial charge in [0, 0.05) is 32.2 Å². The molecule has 0 saturated carbocycles. The fourth-order valence-electron chi connectivity index (χ4n) is 4.27. The first-order chi connectivity index (χ1) is 13.2. The van der Waals surface area contributed by atoms with Crippen molar-refractivity contribution in [1.82, 2.24) is 14.5 Å². The van der Waals surface area contributed by atoms with Crippen molar-refractivity contribution in [2.75, 3.05) is 32.7 Å². The van der Waals surface area contributed by atoms with Crippen molar-refractivity contribution < 1.29 is 17.6 Å². The van der Waals surface area contributed by atoms with Crippen LogP contribution in [-0.2, 0) is 14.8 Å². The van der Waals surface area contributed by atoms with E-state index < -0.39 is 15.8 Å². The molecule has 28 heavy (non-hydrogen) atoms. The summed E-state index contributed by atoms with van der Waals surface area (Å²) in [5, 5.41) is 0. The number of piperidine rings is 2. The number of amides is 1. The third-order valence-corrected chi connectivity index (χ3v) is 7.15. The topological polar surface area (TPSA) is 69.7 Å². The van der Waals surface area contributed by atoms with Gasteiger partial charge >= 0.3 is 0 Å². The minimum Gasteiger partial charge on any atom is -0.341 e. The number of nitrogens with zero attached hydrogens (tertiary/aromatic N) is 2. The summed E-state index contributed by atoms with van der Waals surface area (Å²) in [6.45, 7) is 7.80. The Morgan fingerprint density at radius 1 is 1.11 bits per heavy atom. The van der Waals surface area contributed by atoms with Gasteiger partial charge in [0.25, 0.3) is 0 Å². The Morgan fingerprint density at radius 3 is 2.25 bits per heavy atom. The first-order valence-corrected chi connectivity index (χ1v) is 11.5. The number of benzene rings is 1. The summed E-state index contributed by atoms with van der Waals surface area (Å²) in [5.74, 6) is 0.789. The number of hydrogen-bond donors (Lipinski definition) is 1. The van der Waals surface area contributed by atoms with Gasteiger partial charge in [-0.3, -0.25) is 9.69 Å². The van der Waals surface area contributed by atoms with Crippen LogP contribution in [0.15, 0.2) is 29.2 Å². The highest BCUT2D eigenvalue weighted by Crippen LogP contribution is 2.21. The van der Waals surface area contributed by atoms with Gasteiger partial charge in [0.15, 0.2) is 0 Å². The van der Waals surface area contributed by atoms with Crippen molar-refractivity contribution in [1.29, 1.82) is 0 Å². The number of hydrogen-bond acceptors (Lipinski definition) is 4. The monoisotopic (exact) mass is 411 g/mol. The molecule has 2 unspecified atom stereocenters. The molecule has 3 rings (SSSR count). The van der Waals surface area contributed by atoms with Crippen LogP contribution in [0.5, 0.6) is 0 Å². The van der Waals surface area contributed by atoms with Crippen LogP contribution in [0.4, 0.5) is 4.39 Å². The minimum absolute atomic E-state index is 0.0693. The van der Waals surface area contributed by atoms with Crippen LogP contribution in [0.3, 0.4) is 0 Å². The summed E-state index contributed by atoms with van der Waals surface area (Å²) in [6, 6.07) is 4.66. The van der Waals surface area contributed by atoms with Gasteiger partial charge in [0.2, 0.25) is 15.9 Å². The van der Waals surface area contributed by atoms with E-state index in [0.29, 0.717) is 44.3 Å². The van der Waals surface area contributed by atoms with E-state index >= 15 is 0 Å². The number of nitrogens with one attached hydrogen (secondary N) is 1. The highest BCUT2D eigenvalue weighted by Gasteiger charge is 2.29. The summed E-state index contributed by atoms with van der Waals surface area (Å²) < 4.78 is 40.6. The van der Waals surface area contributed by atoms with Crippen molar-refractivity contribution in [3.8, 4) is 0 Å². The molecule has 2 saturated heterocycles. The molecule has 2 atom stereocenters. The lowest BCUT2D eigenvalue weighted by molar-refractivity contribution is -0.135. The first kappa shape index (κ1) is 21.2. The number of halogens is 1. The number of likely N-dealkylation sites (tertiary alicyclic amines) is 2. The Morgan fingerprint density at radius 2 is 1.68 bits per heavy atom. The van der Waals surface area contributed by atoms with Crippen molar-refractivity contribution in [2.45, 2.75) is 44.0 Å². The van der Waals surface area contributed by atoms with Gasteiger partial charge in [-0.05, 0) is 55.4 Å². The highest BCUT2D eigenvalue weighted by molar-refractivity contribution is 7.89. The average molecular weight is 412 g/mol. The predicted molar refractivity (Wildman–Crippen MR) is 106 cm³/mol. The zero-order valence-electron chi connectivity index (χ0n) is 16.6. The smallest absolute Gasteiger partial charge is 0.240 e. The van der Waals surface area contributed by atoms with E-state index in [1.807, 2.05) is 4.90 Å². The maximum absolute atomic E-state index is 13.0. The number of rotatable bonds is 5. The Labute approximate surface area is 167 Å². The van der Waals surface area contributed by atoms with E-state index in [9.17, 15) is 17.6 Å². The zero-order chi connectivity index (χ0) is 20.3. The SMILES string of the molecule is CC1CC(C)CN(C(=O)CN2CCC(NS(=O)(=O)c3ccc(F)cc3)CC2)C1. The molecule has 1 N–H and O–H groups in total. The first-order valence-electron chi connectivity index (χ1n) is 10.0. The molecular formula is C20H30FN3O3S. The van der Waals surface area contributed by atoms with Crippen molar-refractivity contribution in [3.05, 3.63) is 30.1 Å². The number of carbonyl (C=O) groups excluding carboxylic acids is 1. The molecule has 8 heteroatoms. The lowest BCUT2D eigenvalue weighted by atomic mass is 9.92. The normalized spacial score (nSPS) is 25.0. The second kappa shape index (κ2) is 8.88. The molecule has 1 amide bonds. The molecule has 6 nitrogen and oxygen atoms in total. The van der Waals surface area contributed by atoms with Gasteiger partial charge in [0.05, 0.1) is 11.4 Å². The maximum atomic E-state index is 13.0. The summed E-state index contributed by atoms with van der Waals surface area (Å²) in [7, 11) is -3.66. The molecule has 2 heterocycles. The van der Waals surface area contributed by atoms with Gasteiger partial charge in [-0.2, -0.15) is 0 Å². The maximum Gasteiger partial charge on any atom is 0.240 e. The molecular weight excluding hydrogens is 381 g/mol. The lowest BCUT2D eigenvalue weighted by Crippen LogP contribution is -2.50. The van der Waals surface area contributed by atoms with Gasteiger partial charge in [-0.1, -0.05) is 13.8 Å². The van der Waals surface area contributed by atoms with Gasteiger partial charge in [-0.25, -0.2) is 17.5 Å². The molecule has 0 radical (unpaired) electrons. The Kier molecular flexibility index (Phi) is 6.73. The van der Waals surface area contributed by atoms with Crippen LogP contribution >= 0.6 is 0 Å². The van der Waals surface area contributed by atoms with Crippen LogP contribution in [-0.4, -0.2) is 62.9 Å². The van der Waals surface area contributed by atoms with Crippen LogP contribution in [0.25, 0.3) is 0 Å². The summed E-state index contributed by atoms with van der Waals surface area (Å²) >= 11 is 0. The third kappa shape index (κ3) is 5.52. The molecule has 0 spiro atoms. The quantitative estimate of drug-likeness (QED) is 0.805. The van der Waals surface area contributed by atoms with Crippen LogP contribution < -0.4 is 4.72 Å². The lowest BCUT2D eigenvalue weighted by Gasteiger charge is -2.37. The third-order valence-electron chi connectivity index (χ3n) is 5.61. The van der Waals surface area contributed by atoms with E-state index in [4.69, 9.17) is 0 Å². The Bertz CT molecular complexity index is 766. The Hall–Kier alpha value is -1.51. The molecule has 0 aliphatic carbocycles. The molecule has 2 aliphatic rings. The van der Waals surface area contributed by atoms with E-state index in [1.165, 1.54) is 18.6 Å². The molecule has 156 valence electrons. The second-order valence-corrected chi connectivity index (χ2v) is 10.1. The largest absolute Gasteiger partial charge is 0.341 e. The zero-order valence-corrected chi connectivity index (χ0v) is 17.4. The van der Waals surface area contributed by atoms with E-state index in [0.717, 1.165) is 25.2 Å². The van der Waals surface area contributed by atoms with Gasteiger partial charge < -0.3 is 4.90 Å². The van der Waals surface area contributed by atoms with Crippen LogP contribution in [0, 0.1) is 17.7 Å². The average Bonchev–Trinajstić information content (AvgIpc) is 2.62. The van der Waals surface area contributed by atoms with E-state index in [2.05, 4.69) is 23.5 Å². The minimum atomic E-state index is -3.66. The highest BCUT2D eigenvalue weighted by atomic mass is 32.2. The summed E-state index contributed by atoms with van der Waals surface area (Å²) in [6.07, 6.45) is 2.48. The predicted octanol–water partition coefficient (Wildman–Crippen LogP) is 2.07. The molecule has 0 bridgehead atoms. The van der Waals surface area contributed by atoms with Gasteiger partial charge in [-0.15, -0.1) is 0 Å². The van der Waals surface area contributed by atoms with Crippen molar-refractivity contribution in [2.24, 2.45) is 11.8 Å². The molecule has 0 aromatic heterocycles. The Balaban J connectivity index is 1.48. The number of carbonyl (C=O) groups is 1. The standard InChI is InChI=1S/C20H30FN3O3S/c1-15-11-16(2)13-24(12-15)20(25)14-23-9-7-18(8-10-23)22-28(26,27)19-5-3-17(21)4-6-19/h3-6,15-16,18,22H,7-14H2,1-2H3. The summed E-state index contributed by atoms with van der Waals surface area (Å²) in [5.41, 5.74) is 0. The molecule has 1 aromatic rings.